The van der Waals surface area contributed by atoms with Crippen LogP contribution in [0.1, 0.15) is 12.5 Å². The van der Waals surface area contributed by atoms with Gasteiger partial charge in [0, 0.05) is 11.1 Å². The van der Waals surface area contributed by atoms with E-state index in [4.69, 9.17) is 17.3 Å². The molecule has 1 aromatic carbocycles. The van der Waals surface area contributed by atoms with Crippen LogP contribution >= 0.6 is 11.6 Å². The van der Waals surface area contributed by atoms with Gasteiger partial charge < -0.3 is 5.73 Å². The summed E-state index contributed by atoms with van der Waals surface area (Å²) in [4.78, 5) is 0. The van der Waals surface area contributed by atoms with Crippen molar-refractivity contribution in [2.75, 3.05) is 0 Å². The van der Waals surface area contributed by atoms with Gasteiger partial charge in [0.15, 0.2) is 0 Å². The van der Waals surface area contributed by atoms with E-state index < -0.39 is 12.2 Å². The van der Waals surface area contributed by atoms with Gasteiger partial charge >= 0.3 is 0 Å². The Morgan fingerprint density at radius 1 is 1.38 bits per heavy atom. The van der Waals surface area contributed by atoms with E-state index in [9.17, 15) is 4.39 Å². The molecular weight excluding hydrogens is 189 g/mol. The van der Waals surface area contributed by atoms with Crippen LogP contribution in [0.5, 0.6) is 0 Å². The first-order chi connectivity index (χ1) is 6.09. The highest BCUT2D eigenvalue weighted by molar-refractivity contribution is 6.30. The standard InChI is InChI=1S/C10H13ClFN/c1-7(12)10(13)6-8-2-4-9(11)5-3-8/h2-5,7,10H,6,13H2,1H3. The molecule has 0 aromatic heterocycles. The van der Waals surface area contributed by atoms with Crippen molar-refractivity contribution < 1.29 is 4.39 Å². The van der Waals surface area contributed by atoms with E-state index in [2.05, 4.69) is 0 Å². The van der Waals surface area contributed by atoms with Gasteiger partial charge in [-0.1, -0.05) is 23.7 Å². The fourth-order valence-corrected chi connectivity index (χ4v) is 1.18. The molecule has 0 saturated heterocycles. The second-order valence-corrected chi connectivity index (χ2v) is 3.61. The van der Waals surface area contributed by atoms with E-state index in [1.54, 1.807) is 12.1 Å². The Balaban J connectivity index is 2.59. The van der Waals surface area contributed by atoms with Gasteiger partial charge in [-0.25, -0.2) is 4.39 Å². The van der Waals surface area contributed by atoms with Crippen LogP contribution in [0.15, 0.2) is 24.3 Å². The second kappa shape index (κ2) is 4.58. The van der Waals surface area contributed by atoms with Crippen molar-refractivity contribution in [3.05, 3.63) is 34.9 Å². The van der Waals surface area contributed by atoms with Crippen molar-refractivity contribution in [3.63, 3.8) is 0 Å². The van der Waals surface area contributed by atoms with Gasteiger partial charge in [-0.3, -0.25) is 0 Å². The topological polar surface area (TPSA) is 26.0 Å². The lowest BCUT2D eigenvalue weighted by Gasteiger charge is -2.12. The first-order valence-corrected chi connectivity index (χ1v) is 4.61. The van der Waals surface area contributed by atoms with E-state index in [0.29, 0.717) is 11.4 Å². The lowest BCUT2D eigenvalue weighted by atomic mass is 10.0. The van der Waals surface area contributed by atoms with Gasteiger partial charge in [-0.15, -0.1) is 0 Å². The third-order valence-electron chi connectivity index (χ3n) is 1.97. The van der Waals surface area contributed by atoms with Gasteiger partial charge in [-0.05, 0) is 31.0 Å². The molecule has 1 aromatic rings. The predicted molar refractivity (Wildman–Crippen MR) is 53.7 cm³/mol. The van der Waals surface area contributed by atoms with Crippen molar-refractivity contribution >= 4 is 11.6 Å². The molecule has 0 spiro atoms. The Bertz CT molecular complexity index is 258. The number of halogens is 2. The Hall–Kier alpha value is -0.600. The molecule has 1 rings (SSSR count). The maximum absolute atomic E-state index is 12.7. The van der Waals surface area contributed by atoms with E-state index in [1.165, 1.54) is 6.92 Å². The zero-order valence-electron chi connectivity index (χ0n) is 7.50. The summed E-state index contributed by atoms with van der Waals surface area (Å²) in [6, 6.07) is 6.87. The van der Waals surface area contributed by atoms with Gasteiger partial charge in [0.05, 0.1) is 0 Å². The molecule has 72 valence electrons. The highest BCUT2D eigenvalue weighted by Gasteiger charge is 2.11. The minimum atomic E-state index is -0.976. The molecule has 0 fully saturated rings. The van der Waals surface area contributed by atoms with E-state index in [1.807, 2.05) is 12.1 Å². The summed E-state index contributed by atoms with van der Waals surface area (Å²) in [5.41, 5.74) is 6.59. The van der Waals surface area contributed by atoms with Crippen LogP contribution in [-0.2, 0) is 6.42 Å². The zero-order valence-corrected chi connectivity index (χ0v) is 8.26. The van der Waals surface area contributed by atoms with Crippen LogP contribution in [0.25, 0.3) is 0 Å². The number of rotatable bonds is 3. The molecule has 0 aliphatic heterocycles. The molecular formula is C10H13ClFN. The number of hydrogen-bond donors (Lipinski definition) is 1. The molecule has 2 N–H and O–H groups in total. The van der Waals surface area contributed by atoms with Crippen LogP contribution in [0.4, 0.5) is 4.39 Å². The van der Waals surface area contributed by atoms with Crippen LogP contribution in [0.2, 0.25) is 5.02 Å². The third kappa shape index (κ3) is 3.33. The summed E-state index contributed by atoms with van der Waals surface area (Å²) >= 11 is 5.71. The molecule has 3 heteroatoms. The summed E-state index contributed by atoms with van der Waals surface area (Å²) in [7, 11) is 0. The fourth-order valence-electron chi connectivity index (χ4n) is 1.06. The molecule has 0 bridgehead atoms. The molecule has 0 amide bonds. The first-order valence-electron chi connectivity index (χ1n) is 4.23. The minimum Gasteiger partial charge on any atom is -0.325 e. The number of nitrogens with two attached hydrogens (primary N) is 1. The monoisotopic (exact) mass is 201 g/mol. The summed E-state index contributed by atoms with van der Waals surface area (Å²) < 4.78 is 12.7. The van der Waals surface area contributed by atoms with Crippen LogP contribution in [0, 0.1) is 0 Å². The fraction of sp³-hybridized carbons (Fsp3) is 0.400. The highest BCUT2D eigenvalue weighted by Crippen LogP contribution is 2.11. The summed E-state index contributed by atoms with van der Waals surface area (Å²) in [5, 5.41) is 0.686. The number of hydrogen-bond acceptors (Lipinski definition) is 1. The minimum absolute atomic E-state index is 0.429. The maximum atomic E-state index is 12.7. The maximum Gasteiger partial charge on any atom is 0.113 e. The molecule has 0 radical (unpaired) electrons. The van der Waals surface area contributed by atoms with Crippen LogP contribution in [0.3, 0.4) is 0 Å². The predicted octanol–water partition coefficient (Wildman–Crippen LogP) is 2.57. The Kier molecular flexibility index (Phi) is 3.70. The zero-order chi connectivity index (χ0) is 9.84. The van der Waals surface area contributed by atoms with E-state index >= 15 is 0 Å². The largest absolute Gasteiger partial charge is 0.325 e. The molecule has 2 atom stereocenters. The van der Waals surface area contributed by atoms with E-state index in [-0.39, 0.29) is 0 Å². The molecule has 0 heterocycles. The molecule has 0 saturated carbocycles. The van der Waals surface area contributed by atoms with Crippen LogP contribution in [-0.4, -0.2) is 12.2 Å². The first kappa shape index (κ1) is 10.5. The van der Waals surface area contributed by atoms with Gasteiger partial charge in [0.2, 0.25) is 0 Å². The SMILES string of the molecule is CC(F)C(N)Cc1ccc(Cl)cc1. The highest BCUT2D eigenvalue weighted by atomic mass is 35.5. The van der Waals surface area contributed by atoms with E-state index in [0.717, 1.165) is 5.56 Å². The van der Waals surface area contributed by atoms with Crippen molar-refractivity contribution in [1.82, 2.24) is 0 Å². The van der Waals surface area contributed by atoms with Gasteiger partial charge in [0.25, 0.3) is 0 Å². The van der Waals surface area contributed by atoms with Gasteiger partial charge in [0.1, 0.15) is 6.17 Å². The number of benzene rings is 1. The van der Waals surface area contributed by atoms with Crippen molar-refractivity contribution in [2.45, 2.75) is 25.6 Å². The Morgan fingerprint density at radius 3 is 2.38 bits per heavy atom. The third-order valence-corrected chi connectivity index (χ3v) is 2.23. The molecule has 0 aliphatic rings. The average Bonchev–Trinajstić information content (AvgIpc) is 2.08. The summed E-state index contributed by atoms with van der Waals surface area (Å²) in [6.07, 6.45) is -0.426. The Morgan fingerprint density at radius 2 is 1.92 bits per heavy atom. The molecule has 0 aliphatic carbocycles. The smallest absolute Gasteiger partial charge is 0.113 e. The summed E-state index contributed by atoms with van der Waals surface area (Å²) in [5.74, 6) is 0. The Labute approximate surface area is 82.7 Å². The normalized spacial score (nSPS) is 15.4. The summed E-state index contributed by atoms with van der Waals surface area (Å²) in [6.45, 7) is 1.47. The molecule has 1 nitrogen and oxygen atoms in total. The van der Waals surface area contributed by atoms with Crippen molar-refractivity contribution in [1.29, 1.82) is 0 Å². The van der Waals surface area contributed by atoms with Crippen molar-refractivity contribution in [2.24, 2.45) is 5.73 Å². The molecule has 13 heavy (non-hydrogen) atoms. The number of alkyl halides is 1. The van der Waals surface area contributed by atoms with Crippen LogP contribution < -0.4 is 5.73 Å². The second-order valence-electron chi connectivity index (χ2n) is 3.17. The lowest BCUT2D eigenvalue weighted by Crippen LogP contribution is -2.31. The lowest BCUT2D eigenvalue weighted by molar-refractivity contribution is 0.304. The average molecular weight is 202 g/mol. The quantitative estimate of drug-likeness (QED) is 0.799. The van der Waals surface area contributed by atoms with Gasteiger partial charge in [-0.2, -0.15) is 0 Å². The molecule has 2 unspecified atom stereocenters. The van der Waals surface area contributed by atoms with Crippen molar-refractivity contribution in [3.8, 4) is 0 Å².